The Kier molecular flexibility index (Phi) is 4.97. The molecule has 1 fully saturated rings. The van der Waals surface area contributed by atoms with Crippen molar-refractivity contribution in [2.75, 3.05) is 25.5 Å². The quantitative estimate of drug-likeness (QED) is 0.918. The van der Waals surface area contributed by atoms with E-state index < -0.39 is 6.09 Å². The number of rotatable bonds is 3. The van der Waals surface area contributed by atoms with E-state index in [1.165, 1.54) is 7.11 Å². The van der Waals surface area contributed by atoms with Crippen LogP contribution in [0.25, 0.3) is 11.4 Å². The van der Waals surface area contributed by atoms with E-state index in [-0.39, 0.29) is 11.8 Å². The fraction of sp³-hybridized carbons (Fsp3) is 0.412. The third kappa shape index (κ3) is 3.78. The van der Waals surface area contributed by atoms with Crippen molar-refractivity contribution in [1.29, 1.82) is 0 Å². The zero-order chi connectivity index (χ0) is 17.8. The SMILES string of the molecule is COC(=O)N1CCC[C@@H](C(=O)Nc2ccccc2-c2noc(C)n2)C1. The number of carbonyl (C=O) groups excluding carboxylic acids is 2. The normalized spacial score (nSPS) is 17.2. The van der Waals surface area contributed by atoms with E-state index in [2.05, 4.69) is 15.5 Å². The van der Waals surface area contributed by atoms with Crippen molar-refractivity contribution >= 4 is 17.7 Å². The van der Waals surface area contributed by atoms with Gasteiger partial charge in [-0.05, 0) is 25.0 Å². The highest BCUT2D eigenvalue weighted by Gasteiger charge is 2.29. The van der Waals surface area contributed by atoms with Crippen LogP contribution in [0.1, 0.15) is 18.7 Å². The lowest BCUT2D eigenvalue weighted by Crippen LogP contribution is -2.43. The number of piperidine rings is 1. The van der Waals surface area contributed by atoms with Gasteiger partial charge in [0.25, 0.3) is 0 Å². The smallest absolute Gasteiger partial charge is 0.409 e. The average Bonchev–Trinajstić information content (AvgIpc) is 3.07. The van der Waals surface area contributed by atoms with Crippen molar-refractivity contribution in [3.63, 3.8) is 0 Å². The summed E-state index contributed by atoms with van der Waals surface area (Å²) in [5, 5.41) is 6.83. The molecule has 1 aliphatic rings. The first-order chi connectivity index (χ1) is 12.1. The number of methoxy groups -OCH3 is 1. The monoisotopic (exact) mass is 344 g/mol. The third-order valence-electron chi connectivity index (χ3n) is 4.18. The molecule has 2 aromatic rings. The lowest BCUT2D eigenvalue weighted by atomic mass is 9.97. The molecule has 1 atom stereocenters. The van der Waals surface area contributed by atoms with Gasteiger partial charge in [-0.3, -0.25) is 4.79 Å². The number of aryl methyl sites for hydroxylation is 1. The van der Waals surface area contributed by atoms with E-state index in [0.29, 0.717) is 36.1 Å². The number of benzene rings is 1. The van der Waals surface area contributed by atoms with Crippen LogP contribution in [0.4, 0.5) is 10.5 Å². The fourth-order valence-electron chi connectivity index (χ4n) is 2.92. The minimum atomic E-state index is -0.403. The van der Waals surface area contributed by atoms with E-state index in [0.717, 1.165) is 12.8 Å². The summed E-state index contributed by atoms with van der Waals surface area (Å²) in [6, 6.07) is 7.28. The largest absolute Gasteiger partial charge is 0.453 e. The van der Waals surface area contributed by atoms with Crippen LogP contribution in [0, 0.1) is 12.8 Å². The molecule has 2 amide bonds. The highest BCUT2D eigenvalue weighted by Crippen LogP contribution is 2.27. The predicted octanol–water partition coefficient (Wildman–Crippen LogP) is 2.46. The summed E-state index contributed by atoms with van der Waals surface area (Å²) in [5.41, 5.74) is 1.30. The van der Waals surface area contributed by atoms with Gasteiger partial charge in [0.1, 0.15) is 0 Å². The Morgan fingerprint density at radius 1 is 1.36 bits per heavy atom. The molecule has 1 saturated heterocycles. The molecule has 3 rings (SSSR count). The van der Waals surface area contributed by atoms with Gasteiger partial charge in [-0.2, -0.15) is 4.98 Å². The van der Waals surface area contributed by atoms with Crippen LogP contribution in [0.15, 0.2) is 28.8 Å². The molecule has 0 spiro atoms. The van der Waals surface area contributed by atoms with Gasteiger partial charge in [0.2, 0.25) is 17.6 Å². The fourth-order valence-corrected chi connectivity index (χ4v) is 2.92. The van der Waals surface area contributed by atoms with E-state index >= 15 is 0 Å². The molecule has 132 valence electrons. The first kappa shape index (κ1) is 16.9. The van der Waals surface area contributed by atoms with Crippen LogP contribution in [0.2, 0.25) is 0 Å². The molecule has 8 nitrogen and oxygen atoms in total. The van der Waals surface area contributed by atoms with Crippen molar-refractivity contribution in [1.82, 2.24) is 15.0 Å². The van der Waals surface area contributed by atoms with Gasteiger partial charge in [0, 0.05) is 25.6 Å². The molecular formula is C17H20N4O4. The molecule has 0 saturated carbocycles. The maximum Gasteiger partial charge on any atom is 0.409 e. The molecule has 1 aliphatic heterocycles. The standard InChI is InChI=1S/C17H20N4O4/c1-11-18-15(20-25-11)13-7-3-4-8-14(13)19-16(22)12-6-5-9-21(10-12)17(23)24-2/h3-4,7-8,12H,5-6,9-10H2,1-2H3,(H,19,22)/t12-/m1/s1. The summed E-state index contributed by atoms with van der Waals surface area (Å²) < 4.78 is 9.76. The molecule has 1 aromatic heterocycles. The number of likely N-dealkylation sites (tertiary alicyclic amines) is 1. The van der Waals surface area contributed by atoms with Crippen molar-refractivity contribution in [2.24, 2.45) is 5.92 Å². The number of anilines is 1. The summed E-state index contributed by atoms with van der Waals surface area (Å²) in [7, 11) is 1.34. The maximum absolute atomic E-state index is 12.7. The van der Waals surface area contributed by atoms with Crippen LogP contribution >= 0.6 is 0 Å². The summed E-state index contributed by atoms with van der Waals surface area (Å²) in [6.45, 7) is 2.66. The van der Waals surface area contributed by atoms with Gasteiger partial charge >= 0.3 is 6.09 Å². The van der Waals surface area contributed by atoms with Crippen molar-refractivity contribution in [3.05, 3.63) is 30.2 Å². The zero-order valence-electron chi connectivity index (χ0n) is 14.2. The van der Waals surface area contributed by atoms with Crippen LogP contribution in [-0.4, -0.2) is 47.2 Å². The topological polar surface area (TPSA) is 97.6 Å². The summed E-state index contributed by atoms with van der Waals surface area (Å²) in [6.07, 6.45) is 1.09. The Morgan fingerprint density at radius 3 is 2.88 bits per heavy atom. The second-order valence-electron chi connectivity index (χ2n) is 5.93. The highest BCUT2D eigenvalue weighted by molar-refractivity contribution is 5.96. The Labute approximate surface area is 145 Å². The molecule has 0 radical (unpaired) electrons. The number of para-hydroxylation sites is 1. The molecule has 1 aromatic carbocycles. The van der Waals surface area contributed by atoms with E-state index in [1.54, 1.807) is 17.9 Å². The van der Waals surface area contributed by atoms with Crippen LogP contribution in [-0.2, 0) is 9.53 Å². The van der Waals surface area contributed by atoms with Gasteiger partial charge < -0.3 is 19.5 Å². The predicted molar refractivity (Wildman–Crippen MR) is 89.8 cm³/mol. The van der Waals surface area contributed by atoms with Crippen LogP contribution in [0.5, 0.6) is 0 Å². The minimum Gasteiger partial charge on any atom is -0.453 e. The summed E-state index contributed by atoms with van der Waals surface area (Å²) >= 11 is 0. The minimum absolute atomic E-state index is 0.138. The first-order valence-electron chi connectivity index (χ1n) is 8.12. The number of nitrogens with one attached hydrogen (secondary N) is 1. The Hall–Kier alpha value is -2.90. The Morgan fingerprint density at radius 2 is 2.16 bits per heavy atom. The number of aromatic nitrogens is 2. The van der Waals surface area contributed by atoms with Crippen molar-refractivity contribution in [2.45, 2.75) is 19.8 Å². The second-order valence-corrected chi connectivity index (χ2v) is 5.93. The number of carbonyl (C=O) groups is 2. The van der Waals surface area contributed by atoms with Gasteiger partial charge in [-0.15, -0.1) is 0 Å². The Bertz CT molecular complexity index is 774. The molecule has 2 heterocycles. The highest BCUT2D eigenvalue weighted by atomic mass is 16.5. The van der Waals surface area contributed by atoms with Gasteiger partial charge in [-0.25, -0.2) is 4.79 Å². The number of amides is 2. The molecule has 0 aliphatic carbocycles. The van der Waals surface area contributed by atoms with Crippen LogP contribution in [0.3, 0.4) is 0 Å². The van der Waals surface area contributed by atoms with Crippen LogP contribution < -0.4 is 5.32 Å². The number of hydrogen-bond acceptors (Lipinski definition) is 6. The van der Waals surface area contributed by atoms with Crippen molar-refractivity contribution < 1.29 is 18.8 Å². The molecule has 25 heavy (non-hydrogen) atoms. The van der Waals surface area contributed by atoms with Gasteiger partial charge in [0.05, 0.1) is 18.7 Å². The lowest BCUT2D eigenvalue weighted by molar-refractivity contribution is -0.121. The molecule has 1 N–H and O–H groups in total. The molecule has 8 heteroatoms. The molecule has 0 unspecified atom stereocenters. The molecule has 0 bridgehead atoms. The molecular weight excluding hydrogens is 324 g/mol. The number of nitrogens with zero attached hydrogens (tertiary/aromatic N) is 3. The zero-order valence-corrected chi connectivity index (χ0v) is 14.2. The van der Waals surface area contributed by atoms with E-state index in [9.17, 15) is 9.59 Å². The number of hydrogen-bond donors (Lipinski definition) is 1. The van der Waals surface area contributed by atoms with E-state index in [1.807, 2.05) is 18.2 Å². The van der Waals surface area contributed by atoms with Gasteiger partial charge in [-0.1, -0.05) is 17.3 Å². The van der Waals surface area contributed by atoms with Gasteiger partial charge in [0.15, 0.2) is 0 Å². The van der Waals surface area contributed by atoms with E-state index in [4.69, 9.17) is 9.26 Å². The number of ether oxygens (including phenoxy) is 1. The second kappa shape index (κ2) is 7.33. The maximum atomic E-state index is 12.7. The average molecular weight is 344 g/mol. The third-order valence-corrected chi connectivity index (χ3v) is 4.18. The Balaban J connectivity index is 1.74. The first-order valence-corrected chi connectivity index (χ1v) is 8.12. The summed E-state index contributed by atoms with van der Waals surface area (Å²) in [5.74, 6) is 0.458. The lowest BCUT2D eigenvalue weighted by Gasteiger charge is -2.30. The summed E-state index contributed by atoms with van der Waals surface area (Å²) in [4.78, 5) is 30.1. The van der Waals surface area contributed by atoms with Crippen molar-refractivity contribution in [3.8, 4) is 11.4 Å².